The third-order valence-electron chi connectivity index (χ3n) is 3.10. The number of carbonyl (C=O) groups is 3. The number of nitrogens with one attached hydrogen (secondary N) is 1. The quantitative estimate of drug-likeness (QED) is 0.638. The van der Waals surface area contributed by atoms with Gasteiger partial charge < -0.3 is 25.8 Å². The largest absolute Gasteiger partial charge is 0.480 e. The average Bonchev–Trinajstić information content (AvgIpc) is 2.33. The van der Waals surface area contributed by atoms with E-state index in [1.807, 2.05) is 0 Å². The molecule has 114 valence electrons. The average molecular weight is 287 g/mol. The van der Waals surface area contributed by atoms with Gasteiger partial charge in [0.2, 0.25) is 5.91 Å². The van der Waals surface area contributed by atoms with Crippen molar-refractivity contribution in [2.45, 2.75) is 32.9 Å². The lowest BCUT2D eigenvalue weighted by molar-refractivity contribution is -0.142. The molecule has 0 saturated carbocycles. The molecule has 0 spiro atoms. The second-order valence-electron chi connectivity index (χ2n) is 5.77. The van der Waals surface area contributed by atoms with Crippen LogP contribution in [0.5, 0.6) is 0 Å². The van der Waals surface area contributed by atoms with Crippen LogP contribution in [-0.2, 0) is 14.3 Å². The van der Waals surface area contributed by atoms with Crippen molar-refractivity contribution >= 4 is 17.9 Å². The fraction of sp³-hybridized carbons (Fsp3) is 0.750. The van der Waals surface area contributed by atoms with Gasteiger partial charge in [0.25, 0.3) is 0 Å². The molecule has 2 unspecified atom stereocenters. The number of carbonyl (C=O) groups excluding carboxylic acids is 2. The summed E-state index contributed by atoms with van der Waals surface area (Å²) in [5, 5.41) is 11.6. The Morgan fingerprint density at radius 3 is 2.45 bits per heavy atom. The van der Waals surface area contributed by atoms with Gasteiger partial charge in [-0.25, -0.2) is 9.59 Å². The molecule has 1 aliphatic heterocycles. The number of nitrogens with two attached hydrogens (primary N) is 1. The predicted octanol–water partition coefficient (Wildman–Crippen LogP) is -0.619. The van der Waals surface area contributed by atoms with Crippen molar-refractivity contribution in [1.29, 1.82) is 0 Å². The number of carboxylic acid groups (broad SMARTS) is 1. The summed E-state index contributed by atoms with van der Waals surface area (Å²) in [6, 6.07) is -2.57. The summed E-state index contributed by atoms with van der Waals surface area (Å²) in [5.41, 5.74) is 4.56. The Morgan fingerprint density at radius 2 is 2.00 bits per heavy atom. The number of carboxylic acids is 1. The smallest absolute Gasteiger partial charge is 0.326 e. The van der Waals surface area contributed by atoms with E-state index >= 15 is 0 Å². The van der Waals surface area contributed by atoms with Crippen molar-refractivity contribution in [2.24, 2.45) is 11.1 Å². The number of amides is 3. The summed E-state index contributed by atoms with van der Waals surface area (Å²) in [7, 11) is 0. The third-order valence-corrected chi connectivity index (χ3v) is 3.10. The second kappa shape index (κ2) is 6.08. The van der Waals surface area contributed by atoms with Crippen molar-refractivity contribution in [3.8, 4) is 0 Å². The number of hydrogen-bond acceptors (Lipinski definition) is 4. The predicted molar refractivity (Wildman–Crippen MR) is 69.9 cm³/mol. The summed E-state index contributed by atoms with van der Waals surface area (Å²) in [6.45, 7) is 5.61. The van der Waals surface area contributed by atoms with Crippen molar-refractivity contribution < 1.29 is 24.2 Å². The van der Waals surface area contributed by atoms with Crippen molar-refractivity contribution in [2.75, 3.05) is 19.8 Å². The summed E-state index contributed by atoms with van der Waals surface area (Å²) in [5.74, 6) is -1.81. The van der Waals surface area contributed by atoms with Gasteiger partial charge in [-0.2, -0.15) is 0 Å². The zero-order valence-corrected chi connectivity index (χ0v) is 11.9. The SMILES string of the molecule is CC(C)(C)C(NC(=O)N1CCOCC1C(N)=O)C(=O)O. The van der Waals surface area contributed by atoms with Crippen LogP contribution in [0.25, 0.3) is 0 Å². The van der Waals surface area contributed by atoms with E-state index in [-0.39, 0.29) is 19.8 Å². The Kier molecular flexibility index (Phi) is 4.93. The maximum Gasteiger partial charge on any atom is 0.326 e. The van der Waals surface area contributed by atoms with Gasteiger partial charge in [-0.15, -0.1) is 0 Å². The number of hydrogen-bond donors (Lipinski definition) is 3. The van der Waals surface area contributed by atoms with Gasteiger partial charge in [-0.05, 0) is 5.41 Å². The number of primary amides is 1. The highest BCUT2D eigenvalue weighted by molar-refractivity contribution is 5.88. The Morgan fingerprint density at radius 1 is 1.40 bits per heavy atom. The van der Waals surface area contributed by atoms with Gasteiger partial charge in [-0.1, -0.05) is 20.8 Å². The molecule has 3 amide bonds. The van der Waals surface area contributed by atoms with E-state index in [9.17, 15) is 19.5 Å². The summed E-state index contributed by atoms with van der Waals surface area (Å²) < 4.78 is 5.10. The summed E-state index contributed by atoms with van der Waals surface area (Å²) >= 11 is 0. The Labute approximate surface area is 117 Å². The van der Waals surface area contributed by atoms with Crippen molar-refractivity contribution in [3.63, 3.8) is 0 Å². The molecule has 4 N–H and O–H groups in total. The molecular weight excluding hydrogens is 266 g/mol. The maximum atomic E-state index is 12.2. The first-order chi connectivity index (χ1) is 9.14. The molecule has 0 aromatic carbocycles. The third kappa shape index (κ3) is 3.83. The lowest BCUT2D eigenvalue weighted by Gasteiger charge is -2.36. The van der Waals surface area contributed by atoms with E-state index in [2.05, 4.69) is 5.32 Å². The molecule has 1 rings (SSSR count). The Bertz CT molecular complexity index is 404. The first-order valence-electron chi connectivity index (χ1n) is 6.31. The highest BCUT2D eigenvalue weighted by Gasteiger charge is 2.37. The Hall–Kier alpha value is -1.83. The molecule has 8 heteroatoms. The number of aliphatic carboxylic acids is 1. The van der Waals surface area contributed by atoms with E-state index in [1.54, 1.807) is 20.8 Å². The molecule has 0 aromatic rings. The highest BCUT2D eigenvalue weighted by atomic mass is 16.5. The van der Waals surface area contributed by atoms with Gasteiger partial charge in [-0.3, -0.25) is 4.79 Å². The maximum absolute atomic E-state index is 12.2. The second-order valence-corrected chi connectivity index (χ2v) is 5.77. The van der Waals surface area contributed by atoms with Crippen LogP contribution < -0.4 is 11.1 Å². The topological polar surface area (TPSA) is 122 Å². The molecule has 8 nitrogen and oxygen atoms in total. The lowest BCUT2D eigenvalue weighted by atomic mass is 9.87. The summed E-state index contributed by atoms with van der Waals surface area (Å²) in [6.07, 6.45) is 0. The molecule has 20 heavy (non-hydrogen) atoms. The van der Waals surface area contributed by atoms with Crippen LogP contribution in [0.4, 0.5) is 4.79 Å². The van der Waals surface area contributed by atoms with Crippen molar-refractivity contribution in [3.05, 3.63) is 0 Å². The monoisotopic (exact) mass is 287 g/mol. The molecule has 1 heterocycles. The van der Waals surface area contributed by atoms with Crippen LogP contribution >= 0.6 is 0 Å². The minimum atomic E-state index is -1.13. The normalized spacial score (nSPS) is 21.1. The zero-order chi connectivity index (χ0) is 15.5. The van der Waals surface area contributed by atoms with Crippen LogP contribution in [0, 0.1) is 5.41 Å². The van der Waals surface area contributed by atoms with Crippen LogP contribution in [-0.4, -0.2) is 59.8 Å². The number of urea groups is 1. The standard InChI is InChI=1S/C12H21N3O5/c1-12(2,3)8(10(17)18)14-11(19)15-4-5-20-6-7(15)9(13)16/h7-8H,4-6H2,1-3H3,(H2,13,16)(H,14,19)(H,17,18). The molecule has 0 radical (unpaired) electrons. The van der Waals surface area contributed by atoms with E-state index < -0.39 is 35.4 Å². The molecule has 0 bridgehead atoms. The number of ether oxygens (including phenoxy) is 1. The molecule has 1 saturated heterocycles. The number of nitrogens with zero attached hydrogens (tertiary/aromatic N) is 1. The first kappa shape index (κ1) is 16.2. The van der Waals surface area contributed by atoms with Gasteiger partial charge in [0.15, 0.2) is 0 Å². The lowest BCUT2D eigenvalue weighted by Crippen LogP contribution is -2.60. The fourth-order valence-electron chi connectivity index (χ4n) is 1.94. The molecule has 0 aromatic heterocycles. The first-order valence-corrected chi connectivity index (χ1v) is 6.31. The molecular formula is C12H21N3O5. The minimum Gasteiger partial charge on any atom is -0.480 e. The Balaban J connectivity index is 2.82. The van der Waals surface area contributed by atoms with Crippen LogP contribution in [0.15, 0.2) is 0 Å². The van der Waals surface area contributed by atoms with Crippen LogP contribution in [0.2, 0.25) is 0 Å². The molecule has 1 aliphatic rings. The van der Waals surface area contributed by atoms with E-state index in [0.29, 0.717) is 0 Å². The fourth-order valence-corrected chi connectivity index (χ4v) is 1.94. The van der Waals surface area contributed by atoms with Gasteiger partial charge >= 0.3 is 12.0 Å². The number of morpholine rings is 1. The minimum absolute atomic E-state index is 0.0238. The molecule has 1 fully saturated rings. The van der Waals surface area contributed by atoms with E-state index in [4.69, 9.17) is 10.5 Å². The van der Waals surface area contributed by atoms with Gasteiger partial charge in [0.1, 0.15) is 12.1 Å². The molecule has 0 aliphatic carbocycles. The van der Waals surface area contributed by atoms with Crippen LogP contribution in [0.1, 0.15) is 20.8 Å². The van der Waals surface area contributed by atoms with Gasteiger partial charge in [0, 0.05) is 6.54 Å². The van der Waals surface area contributed by atoms with Crippen molar-refractivity contribution in [1.82, 2.24) is 10.2 Å². The molecule has 2 atom stereocenters. The number of rotatable bonds is 3. The van der Waals surface area contributed by atoms with E-state index in [0.717, 1.165) is 0 Å². The van der Waals surface area contributed by atoms with Crippen LogP contribution in [0.3, 0.4) is 0 Å². The highest BCUT2D eigenvalue weighted by Crippen LogP contribution is 2.20. The zero-order valence-electron chi connectivity index (χ0n) is 11.9. The summed E-state index contributed by atoms with van der Waals surface area (Å²) in [4.78, 5) is 35.9. The van der Waals surface area contributed by atoms with Gasteiger partial charge in [0.05, 0.1) is 13.2 Å². The van der Waals surface area contributed by atoms with E-state index in [1.165, 1.54) is 4.90 Å².